The van der Waals surface area contributed by atoms with Crippen molar-refractivity contribution in [3.05, 3.63) is 0 Å². The molecule has 0 aromatic rings. The van der Waals surface area contributed by atoms with E-state index < -0.39 is 0 Å². The van der Waals surface area contributed by atoms with Crippen molar-refractivity contribution in [3.8, 4) is 0 Å². The number of nitrogens with two attached hydrogens (primary N) is 1. The van der Waals surface area contributed by atoms with E-state index in [1.165, 1.54) is 38.5 Å². The van der Waals surface area contributed by atoms with E-state index in [2.05, 4.69) is 13.8 Å². The molecule has 1 saturated heterocycles. The Balaban J connectivity index is 1.86. The third kappa shape index (κ3) is 2.94. The first-order valence-electron chi connectivity index (χ1n) is 6.52. The maximum atomic E-state index is 6.49. The van der Waals surface area contributed by atoms with Crippen LogP contribution in [0.5, 0.6) is 0 Å². The second-order valence-electron chi connectivity index (χ2n) is 5.91. The lowest BCUT2D eigenvalue weighted by Crippen LogP contribution is -2.46. The fourth-order valence-corrected chi connectivity index (χ4v) is 3.37. The SMILES string of the molecule is CC1CCCC(N)(CC2CCC(C)O2)C1. The molecule has 88 valence electrons. The first-order valence-corrected chi connectivity index (χ1v) is 6.52. The molecular weight excluding hydrogens is 186 g/mol. The van der Waals surface area contributed by atoms with Gasteiger partial charge in [-0.05, 0) is 44.9 Å². The number of rotatable bonds is 2. The van der Waals surface area contributed by atoms with Crippen LogP contribution in [-0.4, -0.2) is 17.7 Å². The minimum absolute atomic E-state index is 0.0758. The fourth-order valence-electron chi connectivity index (χ4n) is 3.37. The zero-order valence-corrected chi connectivity index (χ0v) is 10.2. The summed E-state index contributed by atoms with van der Waals surface area (Å²) in [6, 6.07) is 0. The van der Waals surface area contributed by atoms with Crippen LogP contribution in [-0.2, 0) is 4.74 Å². The Hall–Kier alpha value is -0.0800. The Morgan fingerprint density at radius 1 is 1.27 bits per heavy atom. The van der Waals surface area contributed by atoms with Crippen LogP contribution in [0.25, 0.3) is 0 Å². The van der Waals surface area contributed by atoms with Gasteiger partial charge in [0.15, 0.2) is 0 Å². The molecule has 4 atom stereocenters. The van der Waals surface area contributed by atoms with Gasteiger partial charge in [-0.1, -0.05) is 19.8 Å². The molecule has 0 amide bonds. The van der Waals surface area contributed by atoms with Gasteiger partial charge in [0.1, 0.15) is 0 Å². The zero-order valence-electron chi connectivity index (χ0n) is 10.2. The molecule has 0 bridgehead atoms. The lowest BCUT2D eigenvalue weighted by molar-refractivity contribution is 0.0282. The third-order valence-corrected chi connectivity index (χ3v) is 4.08. The van der Waals surface area contributed by atoms with E-state index in [0.29, 0.717) is 12.2 Å². The van der Waals surface area contributed by atoms with E-state index in [4.69, 9.17) is 10.5 Å². The molecule has 0 aromatic carbocycles. The molecule has 0 aromatic heterocycles. The Labute approximate surface area is 93.6 Å². The summed E-state index contributed by atoms with van der Waals surface area (Å²) in [5, 5.41) is 0. The van der Waals surface area contributed by atoms with Gasteiger partial charge in [0.05, 0.1) is 12.2 Å². The monoisotopic (exact) mass is 211 g/mol. The second kappa shape index (κ2) is 4.42. The van der Waals surface area contributed by atoms with Crippen molar-refractivity contribution in [2.45, 2.75) is 76.5 Å². The molecule has 0 radical (unpaired) electrons. The molecule has 2 heteroatoms. The first-order chi connectivity index (χ1) is 7.07. The van der Waals surface area contributed by atoms with Gasteiger partial charge in [-0.25, -0.2) is 0 Å². The Kier molecular flexibility index (Phi) is 3.36. The number of hydrogen-bond acceptors (Lipinski definition) is 2. The van der Waals surface area contributed by atoms with Crippen LogP contribution in [0.1, 0.15) is 58.8 Å². The lowest BCUT2D eigenvalue weighted by Gasteiger charge is -2.38. The van der Waals surface area contributed by atoms with Crippen molar-refractivity contribution in [2.24, 2.45) is 11.7 Å². The second-order valence-corrected chi connectivity index (χ2v) is 5.91. The van der Waals surface area contributed by atoms with E-state index in [1.807, 2.05) is 0 Å². The molecule has 2 rings (SSSR count). The highest BCUT2D eigenvalue weighted by molar-refractivity contribution is 4.92. The quantitative estimate of drug-likeness (QED) is 0.762. The molecule has 2 N–H and O–H groups in total. The topological polar surface area (TPSA) is 35.2 Å². The summed E-state index contributed by atoms with van der Waals surface area (Å²) in [7, 11) is 0. The van der Waals surface area contributed by atoms with Gasteiger partial charge in [-0.3, -0.25) is 0 Å². The minimum atomic E-state index is 0.0758. The van der Waals surface area contributed by atoms with Crippen LogP contribution >= 0.6 is 0 Å². The van der Waals surface area contributed by atoms with Gasteiger partial charge in [0.2, 0.25) is 0 Å². The normalized spacial score (nSPS) is 47.0. The van der Waals surface area contributed by atoms with E-state index >= 15 is 0 Å². The first kappa shape index (κ1) is 11.4. The van der Waals surface area contributed by atoms with Crippen LogP contribution < -0.4 is 5.73 Å². The van der Waals surface area contributed by atoms with E-state index in [1.54, 1.807) is 0 Å². The van der Waals surface area contributed by atoms with Gasteiger partial charge in [0.25, 0.3) is 0 Å². The van der Waals surface area contributed by atoms with Gasteiger partial charge >= 0.3 is 0 Å². The molecule has 0 spiro atoms. The molecule has 4 unspecified atom stereocenters. The highest BCUT2D eigenvalue weighted by Crippen LogP contribution is 2.36. The van der Waals surface area contributed by atoms with Crippen LogP contribution in [0.4, 0.5) is 0 Å². The standard InChI is InChI=1S/C13H25NO/c1-10-4-3-7-13(14,8-10)9-12-6-5-11(2)15-12/h10-12H,3-9,14H2,1-2H3. The smallest absolute Gasteiger partial charge is 0.0597 e. The summed E-state index contributed by atoms with van der Waals surface area (Å²) < 4.78 is 5.88. The van der Waals surface area contributed by atoms with Crippen LogP contribution in [0.2, 0.25) is 0 Å². The third-order valence-electron chi connectivity index (χ3n) is 4.08. The lowest BCUT2D eigenvalue weighted by atomic mass is 9.74. The van der Waals surface area contributed by atoms with Crippen LogP contribution in [0.3, 0.4) is 0 Å². The predicted molar refractivity (Wildman–Crippen MR) is 62.7 cm³/mol. The molecule has 2 fully saturated rings. The minimum Gasteiger partial charge on any atom is -0.375 e. The Morgan fingerprint density at radius 2 is 2.07 bits per heavy atom. The highest BCUT2D eigenvalue weighted by Gasteiger charge is 2.35. The van der Waals surface area contributed by atoms with Crippen molar-refractivity contribution in [3.63, 3.8) is 0 Å². The molecular formula is C13H25NO. The molecule has 15 heavy (non-hydrogen) atoms. The maximum Gasteiger partial charge on any atom is 0.0597 e. The maximum absolute atomic E-state index is 6.49. The summed E-state index contributed by atoms with van der Waals surface area (Å²) in [6.45, 7) is 4.51. The van der Waals surface area contributed by atoms with Crippen molar-refractivity contribution >= 4 is 0 Å². The van der Waals surface area contributed by atoms with E-state index in [-0.39, 0.29) is 5.54 Å². The molecule has 1 saturated carbocycles. The van der Waals surface area contributed by atoms with Crippen molar-refractivity contribution < 1.29 is 4.74 Å². The van der Waals surface area contributed by atoms with E-state index in [9.17, 15) is 0 Å². The van der Waals surface area contributed by atoms with Crippen LogP contribution in [0.15, 0.2) is 0 Å². The van der Waals surface area contributed by atoms with Gasteiger partial charge in [-0.2, -0.15) is 0 Å². The average molecular weight is 211 g/mol. The molecule has 2 nitrogen and oxygen atoms in total. The summed E-state index contributed by atoms with van der Waals surface area (Å²) in [4.78, 5) is 0. The summed E-state index contributed by atoms with van der Waals surface area (Å²) in [5.74, 6) is 0.808. The van der Waals surface area contributed by atoms with Crippen molar-refractivity contribution in [1.29, 1.82) is 0 Å². The molecule has 1 aliphatic carbocycles. The van der Waals surface area contributed by atoms with Crippen molar-refractivity contribution in [1.82, 2.24) is 0 Å². The molecule has 1 aliphatic heterocycles. The summed E-state index contributed by atoms with van der Waals surface area (Å²) >= 11 is 0. The fraction of sp³-hybridized carbons (Fsp3) is 1.00. The largest absolute Gasteiger partial charge is 0.375 e. The highest BCUT2D eigenvalue weighted by atomic mass is 16.5. The van der Waals surface area contributed by atoms with Gasteiger partial charge in [-0.15, -0.1) is 0 Å². The van der Waals surface area contributed by atoms with Gasteiger partial charge in [0, 0.05) is 5.54 Å². The van der Waals surface area contributed by atoms with Crippen LogP contribution in [0, 0.1) is 5.92 Å². The number of ether oxygens (including phenoxy) is 1. The van der Waals surface area contributed by atoms with Gasteiger partial charge < -0.3 is 10.5 Å². The number of hydrogen-bond donors (Lipinski definition) is 1. The van der Waals surface area contributed by atoms with Crippen molar-refractivity contribution in [2.75, 3.05) is 0 Å². The zero-order chi connectivity index (χ0) is 10.9. The van der Waals surface area contributed by atoms with E-state index in [0.717, 1.165) is 12.3 Å². The molecule has 2 aliphatic rings. The Bertz CT molecular complexity index is 219. The predicted octanol–water partition coefficient (Wildman–Crippen LogP) is 2.85. The summed E-state index contributed by atoms with van der Waals surface area (Å²) in [6.07, 6.45) is 9.48. The Morgan fingerprint density at radius 3 is 2.67 bits per heavy atom. The average Bonchev–Trinajstić information content (AvgIpc) is 2.49. The molecule has 1 heterocycles. The summed E-state index contributed by atoms with van der Waals surface area (Å²) in [5.41, 5.74) is 6.57.